The van der Waals surface area contributed by atoms with Gasteiger partial charge in [-0.1, -0.05) is 25.2 Å². The Labute approximate surface area is 93.6 Å². The molecule has 0 bridgehead atoms. The van der Waals surface area contributed by atoms with Crippen molar-refractivity contribution in [1.29, 1.82) is 0 Å². The molecule has 15 heavy (non-hydrogen) atoms. The van der Waals surface area contributed by atoms with Crippen molar-refractivity contribution < 1.29 is 0 Å². The topological polar surface area (TPSA) is 26.0 Å². The zero-order valence-electron chi connectivity index (χ0n) is 8.92. The number of aryl methyl sites for hydroxylation is 1. The van der Waals surface area contributed by atoms with Gasteiger partial charge in [0.25, 0.3) is 0 Å². The molecule has 78 valence electrons. The van der Waals surface area contributed by atoms with Gasteiger partial charge < -0.3 is 5.73 Å². The lowest BCUT2D eigenvalue weighted by molar-refractivity contribution is 0.779. The van der Waals surface area contributed by atoms with Crippen LogP contribution in [0.25, 0.3) is 17.8 Å². The lowest BCUT2D eigenvalue weighted by Gasteiger charge is -2.10. The highest BCUT2D eigenvalue weighted by molar-refractivity contribution is 7.10. The van der Waals surface area contributed by atoms with Gasteiger partial charge in [0.1, 0.15) is 0 Å². The Balaban J connectivity index is 2.40. The smallest absolute Gasteiger partial charge is 0.0536 e. The molecule has 1 atom stereocenters. The third-order valence-corrected chi connectivity index (χ3v) is 4.52. The van der Waals surface area contributed by atoms with E-state index < -0.39 is 0 Å². The Morgan fingerprint density at radius 3 is 3.20 bits per heavy atom. The summed E-state index contributed by atoms with van der Waals surface area (Å²) in [6.07, 6.45) is 10.3. The molecule has 0 radical (unpaired) electrons. The van der Waals surface area contributed by atoms with Gasteiger partial charge in [0, 0.05) is 10.6 Å². The quantitative estimate of drug-likeness (QED) is 0.702. The number of thiophene rings is 1. The molecule has 2 aliphatic carbocycles. The Morgan fingerprint density at radius 2 is 2.33 bits per heavy atom. The van der Waals surface area contributed by atoms with Gasteiger partial charge in [-0.3, -0.25) is 0 Å². The minimum Gasteiger partial charge on any atom is -0.401 e. The fraction of sp³-hybridized carbons (Fsp3) is 0.385. The highest BCUT2D eigenvalue weighted by atomic mass is 32.1. The van der Waals surface area contributed by atoms with Gasteiger partial charge in [-0.15, -0.1) is 11.3 Å². The molecule has 1 heterocycles. The third kappa shape index (κ3) is 1.36. The van der Waals surface area contributed by atoms with Gasteiger partial charge in [0.05, 0.1) is 4.53 Å². The van der Waals surface area contributed by atoms with E-state index in [0.717, 1.165) is 12.1 Å². The minimum absolute atomic E-state index is 0.589. The Hall–Kier alpha value is -1.02. The van der Waals surface area contributed by atoms with Gasteiger partial charge in [0.15, 0.2) is 0 Å². The summed E-state index contributed by atoms with van der Waals surface area (Å²) in [5.74, 6) is 0.589. The zero-order valence-corrected chi connectivity index (χ0v) is 9.73. The second-order valence-electron chi connectivity index (χ2n) is 4.50. The summed E-state index contributed by atoms with van der Waals surface area (Å²) in [7, 11) is 0. The van der Waals surface area contributed by atoms with Crippen LogP contribution >= 0.6 is 11.3 Å². The van der Waals surface area contributed by atoms with Crippen molar-refractivity contribution in [3.63, 3.8) is 0 Å². The van der Waals surface area contributed by atoms with E-state index in [4.69, 9.17) is 5.73 Å². The molecule has 3 rings (SSSR count). The molecule has 1 aromatic heterocycles. The second-order valence-corrected chi connectivity index (χ2v) is 5.60. The largest absolute Gasteiger partial charge is 0.401 e. The maximum atomic E-state index is 6.13. The van der Waals surface area contributed by atoms with Gasteiger partial charge in [-0.2, -0.15) is 0 Å². The van der Waals surface area contributed by atoms with E-state index in [1.807, 2.05) is 11.3 Å². The van der Waals surface area contributed by atoms with Crippen LogP contribution in [-0.2, 0) is 6.42 Å². The number of allylic oxidation sites excluding steroid dienone is 1. The Kier molecular flexibility index (Phi) is 1.99. The molecule has 1 nitrogen and oxygen atoms in total. The summed E-state index contributed by atoms with van der Waals surface area (Å²) < 4.78 is 1.34. The van der Waals surface area contributed by atoms with Crippen molar-refractivity contribution >= 4 is 29.2 Å². The molecule has 2 N–H and O–H groups in total. The van der Waals surface area contributed by atoms with Crippen molar-refractivity contribution in [3.05, 3.63) is 26.3 Å². The first-order chi connectivity index (χ1) is 7.25. The molecule has 1 unspecified atom stereocenters. The van der Waals surface area contributed by atoms with Gasteiger partial charge >= 0.3 is 0 Å². The van der Waals surface area contributed by atoms with Crippen molar-refractivity contribution in [2.45, 2.75) is 26.2 Å². The number of rotatable bonds is 0. The van der Waals surface area contributed by atoms with Crippen LogP contribution in [0.3, 0.4) is 0 Å². The fourth-order valence-corrected chi connectivity index (χ4v) is 3.73. The summed E-state index contributed by atoms with van der Waals surface area (Å²) in [4.78, 5) is 1.52. The van der Waals surface area contributed by atoms with Crippen molar-refractivity contribution in [1.82, 2.24) is 0 Å². The zero-order chi connectivity index (χ0) is 10.4. The van der Waals surface area contributed by atoms with Crippen LogP contribution in [-0.4, -0.2) is 0 Å². The number of nitrogens with two attached hydrogens (primary N) is 1. The van der Waals surface area contributed by atoms with Crippen LogP contribution in [0.15, 0.2) is 6.08 Å². The summed E-state index contributed by atoms with van der Waals surface area (Å²) in [5.41, 5.74) is 8.66. The molecule has 0 amide bonds. The molecule has 1 aromatic rings. The Bertz CT molecular complexity index is 548. The van der Waals surface area contributed by atoms with E-state index in [1.54, 1.807) is 0 Å². The molecule has 0 fully saturated rings. The Morgan fingerprint density at radius 1 is 1.47 bits per heavy atom. The second kappa shape index (κ2) is 3.24. The van der Waals surface area contributed by atoms with E-state index in [2.05, 4.69) is 25.2 Å². The van der Waals surface area contributed by atoms with Gasteiger partial charge in [-0.05, 0) is 36.0 Å². The minimum atomic E-state index is 0.589. The van der Waals surface area contributed by atoms with E-state index >= 15 is 0 Å². The first-order valence-corrected chi connectivity index (χ1v) is 6.36. The number of hydrogen-bond donors (Lipinski definition) is 1. The summed E-state index contributed by atoms with van der Waals surface area (Å²) in [6.45, 7) is 2.24. The van der Waals surface area contributed by atoms with Crippen LogP contribution in [0.2, 0.25) is 0 Å². The molecule has 0 saturated heterocycles. The van der Waals surface area contributed by atoms with Gasteiger partial charge in [0.2, 0.25) is 0 Å². The van der Waals surface area contributed by atoms with Crippen LogP contribution in [0, 0.1) is 5.92 Å². The average molecular weight is 217 g/mol. The molecule has 2 aliphatic rings. The predicted octanol–water partition coefficient (Wildman–Crippen LogP) is 1.59. The lowest BCUT2D eigenvalue weighted by atomic mass is 9.96. The number of hydrogen-bond acceptors (Lipinski definition) is 2. The molecule has 0 saturated carbocycles. The van der Waals surface area contributed by atoms with Gasteiger partial charge in [-0.25, -0.2) is 0 Å². The summed E-state index contributed by atoms with van der Waals surface area (Å²) in [5, 5.41) is 1.40. The average Bonchev–Trinajstić information content (AvgIpc) is 2.57. The summed E-state index contributed by atoms with van der Waals surface area (Å²) >= 11 is 1.90. The summed E-state index contributed by atoms with van der Waals surface area (Å²) in [6, 6.07) is 0. The van der Waals surface area contributed by atoms with E-state index in [9.17, 15) is 0 Å². The first kappa shape index (κ1) is 9.22. The SMILES string of the molecule is CC1C=c2c3c(sc2=C(N)C1)CCC=C3. The molecular formula is C13H15NS. The third-order valence-electron chi connectivity index (χ3n) is 3.17. The maximum absolute atomic E-state index is 6.13. The molecule has 0 aliphatic heterocycles. The lowest BCUT2D eigenvalue weighted by Crippen LogP contribution is -2.31. The van der Waals surface area contributed by atoms with Crippen LogP contribution in [0.1, 0.15) is 30.2 Å². The molecular weight excluding hydrogens is 202 g/mol. The van der Waals surface area contributed by atoms with Crippen LogP contribution < -0.4 is 15.5 Å². The highest BCUT2D eigenvalue weighted by Crippen LogP contribution is 2.21. The maximum Gasteiger partial charge on any atom is 0.0536 e. The van der Waals surface area contributed by atoms with Crippen molar-refractivity contribution in [2.75, 3.05) is 0 Å². The standard InChI is InChI=1S/C13H15NS/c1-8-6-10-9-4-2-3-5-12(9)15-13(10)11(14)7-8/h2,4,6,8H,3,5,7,14H2,1H3. The fourth-order valence-electron chi connectivity index (χ4n) is 2.48. The van der Waals surface area contributed by atoms with Crippen molar-refractivity contribution in [3.8, 4) is 0 Å². The van der Waals surface area contributed by atoms with E-state index in [0.29, 0.717) is 5.92 Å². The molecule has 0 spiro atoms. The van der Waals surface area contributed by atoms with Crippen LogP contribution in [0.4, 0.5) is 0 Å². The molecule has 2 heteroatoms. The van der Waals surface area contributed by atoms with E-state index in [-0.39, 0.29) is 0 Å². The van der Waals surface area contributed by atoms with Crippen LogP contribution in [0.5, 0.6) is 0 Å². The number of fused-ring (bicyclic) bond motifs is 3. The normalized spacial score (nSPS) is 23.3. The van der Waals surface area contributed by atoms with Crippen molar-refractivity contribution in [2.24, 2.45) is 11.7 Å². The highest BCUT2D eigenvalue weighted by Gasteiger charge is 2.16. The monoisotopic (exact) mass is 217 g/mol. The van der Waals surface area contributed by atoms with E-state index in [1.165, 1.54) is 33.0 Å². The predicted molar refractivity (Wildman–Crippen MR) is 66.8 cm³/mol. The first-order valence-electron chi connectivity index (χ1n) is 5.54. The molecule has 0 aromatic carbocycles.